The monoisotopic (exact) mass is 202 g/mol. The van der Waals surface area contributed by atoms with Crippen LogP contribution in [0.25, 0.3) is 0 Å². The predicted octanol–water partition coefficient (Wildman–Crippen LogP) is 2.66. The van der Waals surface area contributed by atoms with E-state index in [0.29, 0.717) is 5.84 Å². The highest BCUT2D eigenvalue weighted by Gasteiger charge is 2.08. The Bertz CT molecular complexity index is 356. The molecule has 0 bridgehead atoms. The zero-order chi connectivity index (χ0) is 11.3. The van der Waals surface area contributed by atoms with Crippen molar-refractivity contribution in [2.45, 2.75) is 26.7 Å². The first-order chi connectivity index (χ1) is 7.24. The summed E-state index contributed by atoms with van der Waals surface area (Å²) < 4.78 is 0. The third kappa shape index (κ3) is 2.46. The smallest absolute Gasteiger partial charge is 0.131 e. The van der Waals surface area contributed by atoms with Crippen LogP contribution in [0.3, 0.4) is 0 Å². The van der Waals surface area contributed by atoms with E-state index in [1.54, 1.807) is 0 Å². The van der Waals surface area contributed by atoms with Crippen molar-refractivity contribution in [3.63, 3.8) is 0 Å². The number of hydrogen-bond donors (Lipinski definition) is 1. The average Bonchev–Trinajstić information content (AvgIpc) is 2.28. The van der Waals surface area contributed by atoms with Crippen LogP contribution < -0.4 is 5.73 Å². The largest absolute Gasteiger partial charge is 0.383 e. The molecule has 0 saturated carbocycles. The molecule has 1 aromatic carbocycles. The number of rotatable bonds is 4. The molecule has 0 atom stereocenters. The number of hydrogen-bond acceptors (Lipinski definition) is 1. The summed E-state index contributed by atoms with van der Waals surface area (Å²) in [5, 5.41) is 0. The van der Waals surface area contributed by atoms with E-state index in [4.69, 9.17) is 5.73 Å². The van der Waals surface area contributed by atoms with Gasteiger partial charge in [-0.15, -0.1) is 0 Å². The van der Waals surface area contributed by atoms with Crippen LogP contribution in [0.5, 0.6) is 0 Å². The Morgan fingerprint density at radius 1 is 1.33 bits per heavy atom. The Hall–Kier alpha value is -1.57. The summed E-state index contributed by atoms with van der Waals surface area (Å²) in [6.45, 7) is 7.82. The van der Waals surface area contributed by atoms with Crippen molar-refractivity contribution in [3.05, 3.63) is 47.7 Å². The molecule has 0 fully saturated rings. The Morgan fingerprint density at radius 3 is 2.27 bits per heavy atom. The van der Waals surface area contributed by atoms with E-state index in [1.165, 1.54) is 17.3 Å². The Kier molecular flexibility index (Phi) is 4.10. The Labute approximate surface area is 91.5 Å². The molecule has 0 aliphatic carbocycles. The predicted molar refractivity (Wildman–Crippen MR) is 66.1 cm³/mol. The molecule has 0 aromatic heterocycles. The van der Waals surface area contributed by atoms with Gasteiger partial charge in [-0.05, 0) is 24.0 Å². The maximum absolute atomic E-state index is 5.94. The van der Waals surface area contributed by atoms with Gasteiger partial charge in [-0.3, -0.25) is 0 Å². The van der Waals surface area contributed by atoms with Crippen molar-refractivity contribution in [2.75, 3.05) is 0 Å². The molecule has 0 heterocycles. The summed E-state index contributed by atoms with van der Waals surface area (Å²) in [5.74, 6) is 0.569. The summed E-state index contributed by atoms with van der Waals surface area (Å²) in [6, 6.07) is 6.27. The first-order valence-corrected chi connectivity index (χ1v) is 5.29. The van der Waals surface area contributed by atoms with Gasteiger partial charge in [0, 0.05) is 11.8 Å². The average molecular weight is 202 g/mol. The molecule has 0 aliphatic heterocycles. The first kappa shape index (κ1) is 11.5. The standard InChI is InChI=1S/C13H18N2/c1-4-10-8-7-9-11(5-2)12(10)13(14)15-6-3/h6-9H,3-5H2,1-2H3,(H2,14,15). The SMILES string of the molecule is C=CN=C(N)c1c(CC)cccc1CC. The lowest BCUT2D eigenvalue weighted by Gasteiger charge is -2.11. The van der Waals surface area contributed by atoms with Crippen LogP contribution in [0.15, 0.2) is 36.0 Å². The first-order valence-electron chi connectivity index (χ1n) is 5.29. The van der Waals surface area contributed by atoms with Gasteiger partial charge >= 0.3 is 0 Å². The minimum atomic E-state index is 0.569. The highest BCUT2D eigenvalue weighted by atomic mass is 14.8. The fourth-order valence-electron chi connectivity index (χ4n) is 1.73. The van der Waals surface area contributed by atoms with Gasteiger partial charge < -0.3 is 5.73 Å². The molecule has 0 aliphatic rings. The summed E-state index contributed by atoms with van der Waals surface area (Å²) >= 11 is 0. The Balaban J connectivity index is 3.33. The summed E-state index contributed by atoms with van der Waals surface area (Å²) in [5.41, 5.74) is 9.52. The van der Waals surface area contributed by atoms with Gasteiger partial charge in [0.25, 0.3) is 0 Å². The number of benzene rings is 1. The number of amidine groups is 1. The van der Waals surface area contributed by atoms with Crippen molar-refractivity contribution in [2.24, 2.45) is 10.7 Å². The summed E-state index contributed by atoms with van der Waals surface area (Å²) in [7, 11) is 0. The van der Waals surface area contributed by atoms with E-state index in [0.717, 1.165) is 18.4 Å². The molecule has 2 heteroatoms. The second-order valence-electron chi connectivity index (χ2n) is 3.36. The molecular formula is C13H18N2. The van der Waals surface area contributed by atoms with Crippen molar-refractivity contribution < 1.29 is 0 Å². The van der Waals surface area contributed by atoms with Gasteiger partial charge in [-0.25, -0.2) is 4.99 Å². The van der Waals surface area contributed by atoms with Crippen LogP contribution >= 0.6 is 0 Å². The second-order valence-corrected chi connectivity index (χ2v) is 3.36. The molecule has 0 unspecified atom stereocenters. The number of aryl methyl sites for hydroxylation is 2. The fraction of sp³-hybridized carbons (Fsp3) is 0.308. The van der Waals surface area contributed by atoms with Gasteiger partial charge in [-0.1, -0.05) is 38.6 Å². The quantitative estimate of drug-likeness (QED) is 0.591. The molecule has 0 radical (unpaired) electrons. The molecule has 1 aromatic rings. The van der Waals surface area contributed by atoms with E-state index >= 15 is 0 Å². The van der Waals surface area contributed by atoms with Gasteiger partial charge in [0.05, 0.1) is 0 Å². The van der Waals surface area contributed by atoms with Crippen LogP contribution in [-0.4, -0.2) is 5.84 Å². The van der Waals surface area contributed by atoms with Crippen molar-refractivity contribution in [1.29, 1.82) is 0 Å². The lowest BCUT2D eigenvalue weighted by molar-refractivity contribution is 1.07. The Morgan fingerprint density at radius 2 is 1.87 bits per heavy atom. The third-order valence-corrected chi connectivity index (χ3v) is 2.49. The molecule has 2 N–H and O–H groups in total. The molecular weight excluding hydrogens is 184 g/mol. The molecule has 15 heavy (non-hydrogen) atoms. The summed E-state index contributed by atoms with van der Waals surface area (Å²) in [6.07, 6.45) is 3.42. The lowest BCUT2D eigenvalue weighted by Crippen LogP contribution is -2.17. The van der Waals surface area contributed by atoms with Crippen LogP contribution in [0.2, 0.25) is 0 Å². The van der Waals surface area contributed by atoms with E-state index in [2.05, 4.69) is 43.6 Å². The molecule has 0 amide bonds. The van der Waals surface area contributed by atoms with Crippen LogP contribution in [0.1, 0.15) is 30.5 Å². The molecule has 80 valence electrons. The van der Waals surface area contributed by atoms with Crippen molar-refractivity contribution in [3.8, 4) is 0 Å². The van der Waals surface area contributed by atoms with E-state index in [9.17, 15) is 0 Å². The highest BCUT2D eigenvalue weighted by Crippen LogP contribution is 2.16. The molecule has 1 rings (SSSR count). The van der Waals surface area contributed by atoms with E-state index in [1.807, 2.05) is 0 Å². The summed E-state index contributed by atoms with van der Waals surface area (Å²) in [4.78, 5) is 4.07. The van der Waals surface area contributed by atoms with E-state index < -0.39 is 0 Å². The zero-order valence-corrected chi connectivity index (χ0v) is 9.46. The van der Waals surface area contributed by atoms with E-state index in [-0.39, 0.29) is 0 Å². The van der Waals surface area contributed by atoms with Gasteiger partial charge in [0.2, 0.25) is 0 Å². The van der Waals surface area contributed by atoms with Gasteiger partial charge in [0.1, 0.15) is 5.84 Å². The second kappa shape index (κ2) is 5.35. The zero-order valence-electron chi connectivity index (χ0n) is 9.46. The number of nitrogens with two attached hydrogens (primary N) is 1. The molecule has 0 spiro atoms. The fourth-order valence-corrected chi connectivity index (χ4v) is 1.73. The normalized spacial score (nSPS) is 11.5. The van der Waals surface area contributed by atoms with Crippen molar-refractivity contribution in [1.82, 2.24) is 0 Å². The van der Waals surface area contributed by atoms with Crippen LogP contribution in [-0.2, 0) is 12.8 Å². The maximum Gasteiger partial charge on any atom is 0.131 e. The minimum Gasteiger partial charge on any atom is -0.383 e. The third-order valence-electron chi connectivity index (χ3n) is 2.49. The minimum absolute atomic E-state index is 0.569. The topological polar surface area (TPSA) is 38.4 Å². The molecule has 0 saturated heterocycles. The van der Waals surface area contributed by atoms with Crippen LogP contribution in [0, 0.1) is 0 Å². The van der Waals surface area contributed by atoms with Crippen LogP contribution in [0.4, 0.5) is 0 Å². The van der Waals surface area contributed by atoms with Gasteiger partial charge in [0.15, 0.2) is 0 Å². The van der Waals surface area contributed by atoms with Gasteiger partial charge in [-0.2, -0.15) is 0 Å². The highest BCUT2D eigenvalue weighted by molar-refractivity contribution is 6.00. The number of nitrogens with zero attached hydrogens (tertiary/aromatic N) is 1. The molecule has 2 nitrogen and oxygen atoms in total. The van der Waals surface area contributed by atoms with Crippen molar-refractivity contribution >= 4 is 5.84 Å². The number of aliphatic imine (C=N–C) groups is 1. The maximum atomic E-state index is 5.94. The lowest BCUT2D eigenvalue weighted by atomic mass is 9.97.